The van der Waals surface area contributed by atoms with Crippen molar-refractivity contribution in [2.24, 2.45) is 0 Å². The first-order valence-electron chi connectivity index (χ1n) is 11.6. The minimum atomic E-state index is -3.95. The van der Waals surface area contributed by atoms with Crippen LogP contribution in [-0.4, -0.2) is 34.1 Å². The number of amides is 1. The molecule has 4 rings (SSSR count). The van der Waals surface area contributed by atoms with Crippen molar-refractivity contribution in [1.29, 1.82) is 0 Å². The normalized spacial score (nSPS) is 16.1. The molecule has 7 nitrogen and oxygen atoms in total. The van der Waals surface area contributed by atoms with Crippen LogP contribution in [0.3, 0.4) is 0 Å². The summed E-state index contributed by atoms with van der Waals surface area (Å²) >= 11 is 0. The summed E-state index contributed by atoms with van der Waals surface area (Å²) < 4.78 is 39.6. The number of anilines is 1. The van der Waals surface area contributed by atoms with E-state index >= 15 is 0 Å². The molecule has 1 aliphatic rings. The number of rotatable bonds is 7. The predicted octanol–water partition coefficient (Wildman–Crippen LogP) is 4.40. The number of hydrogen-bond donors (Lipinski definition) is 1. The molecule has 184 valence electrons. The van der Waals surface area contributed by atoms with Crippen LogP contribution < -0.4 is 19.1 Å². The van der Waals surface area contributed by atoms with E-state index in [0.717, 1.165) is 17.5 Å². The highest BCUT2D eigenvalue weighted by atomic mass is 32.2. The number of sulfonamides is 1. The molecule has 1 heterocycles. The lowest BCUT2D eigenvalue weighted by molar-refractivity contribution is -0.128. The molecule has 1 N–H and O–H groups in total. The third-order valence-electron chi connectivity index (χ3n) is 6.17. The summed E-state index contributed by atoms with van der Waals surface area (Å²) in [6, 6.07) is 19.3. The molecule has 8 heteroatoms. The molecule has 3 aromatic rings. The molecule has 0 fully saturated rings. The quantitative estimate of drug-likeness (QED) is 0.526. The van der Waals surface area contributed by atoms with Gasteiger partial charge in [0.25, 0.3) is 15.9 Å². The topological polar surface area (TPSA) is 84.9 Å². The van der Waals surface area contributed by atoms with Crippen molar-refractivity contribution in [3.05, 3.63) is 83.4 Å². The molecule has 0 aromatic heterocycles. The number of fused-ring (bicyclic) bond motifs is 1. The smallest absolute Gasteiger partial charge is 0.264 e. The minimum Gasteiger partial charge on any atom is -0.497 e. The molecule has 0 bridgehead atoms. The van der Waals surface area contributed by atoms with Crippen LogP contribution in [-0.2, 0) is 21.2 Å². The fourth-order valence-electron chi connectivity index (χ4n) is 4.03. The van der Waals surface area contributed by atoms with Gasteiger partial charge in [-0.3, -0.25) is 9.10 Å². The predicted molar refractivity (Wildman–Crippen MR) is 135 cm³/mol. The van der Waals surface area contributed by atoms with E-state index in [-0.39, 0.29) is 23.4 Å². The Hall–Kier alpha value is -3.52. The first-order valence-corrected chi connectivity index (χ1v) is 13.0. The van der Waals surface area contributed by atoms with Crippen LogP contribution in [0, 0.1) is 6.92 Å². The first kappa shape index (κ1) is 24.6. The Labute approximate surface area is 206 Å². The molecule has 0 spiro atoms. The molecular weight excluding hydrogens is 464 g/mol. The van der Waals surface area contributed by atoms with Crippen molar-refractivity contribution in [2.75, 3.05) is 18.0 Å². The highest BCUT2D eigenvalue weighted by Gasteiger charge is 2.38. The Morgan fingerprint density at radius 2 is 1.80 bits per heavy atom. The van der Waals surface area contributed by atoms with Crippen LogP contribution in [0.15, 0.2) is 71.6 Å². The number of hydrogen-bond acceptors (Lipinski definition) is 5. The monoisotopic (exact) mass is 494 g/mol. The second-order valence-corrected chi connectivity index (χ2v) is 10.5. The molecule has 0 radical (unpaired) electrons. The van der Waals surface area contributed by atoms with Gasteiger partial charge < -0.3 is 14.8 Å². The van der Waals surface area contributed by atoms with Crippen molar-refractivity contribution < 1.29 is 22.7 Å². The number of carbonyl (C=O) groups is 1. The fraction of sp³-hybridized carbons (Fsp3) is 0.296. The van der Waals surface area contributed by atoms with E-state index in [1.165, 1.54) is 29.1 Å². The maximum Gasteiger partial charge on any atom is 0.264 e. The third-order valence-corrected chi connectivity index (χ3v) is 7.97. The Bertz CT molecular complexity index is 1300. The zero-order chi connectivity index (χ0) is 25.2. The highest BCUT2D eigenvalue weighted by molar-refractivity contribution is 7.92. The maximum absolute atomic E-state index is 13.6. The van der Waals surface area contributed by atoms with Crippen molar-refractivity contribution in [3.63, 3.8) is 0 Å². The molecule has 1 amide bonds. The molecule has 2 atom stereocenters. The van der Waals surface area contributed by atoms with Crippen LogP contribution in [0.2, 0.25) is 0 Å². The van der Waals surface area contributed by atoms with Gasteiger partial charge in [0.05, 0.1) is 30.3 Å². The molecule has 0 unspecified atom stereocenters. The third kappa shape index (κ3) is 5.12. The molecular formula is C27H30N2O5S. The molecule has 1 aliphatic heterocycles. The van der Waals surface area contributed by atoms with E-state index in [1.807, 2.05) is 44.2 Å². The van der Waals surface area contributed by atoms with Gasteiger partial charge in [-0.25, -0.2) is 8.42 Å². The first-order chi connectivity index (χ1) is 16.7. The minimum absolute atomic E-state index is 0.107. The summed E-state index contributed by atoms with van der Waals surface area (Å²) in [5.74, 6) is 0.535. The number of ether oxygens (including phenoxy) is 2. The Morgan fingerprint density at radius 1 is 1.11 bits per heavy atom. The van der Waals surface area contributed by atoms with E-state index in [0.29, 0.717) is 17.2 Å². The molecule has 0 saturated heterocycles. The molecule has 0 aliphatic carbocycles. The van der Waals surface area contributed by atoms with Crippen LogP contribution >= 0.6 is 0 Å². The van der Waals surface area contributed by atoms with Crippen LogP contribution in [0.1, 0.15) is 36.6 Å². The Morgan fingerprint density at radius 3 is 2.43 bits per heavy atom. The average Bonchev–Trinajstić information content (AvgIpc) is 2.87. The lowest BCUT2D eigenvalue weighted by atomic mass is 10.0. The summed E-state index contributed by atoms with van der Waals surface area (Å²) in [4.78, 5) is 13.3. The second-order valence-electron chi connectivity index (χ2n) is 8.61. The van der Waals surface area contributed by atoms with Crippen molar-refractivity contribution >= 4 is 21.6 Å². The average molecular weight is 495 g/mol. The second kappa shape index (κ2) is 10.00. The van der Waals surface area contributed by atoms with Gasteiger partial charge in [-0.15, -0.1) is 0 Å². The zero-order valence-electron chi connectivity index (χ0n) is 20.3. The van der Waals surface area contributed by atoms with Gasteiger partial charge in [0.15, 0.2) is 6.10 Å². The number of nitrogens with one attached hydrogen (secondary N) is 1. The maximum atomic E-state index is 13.6. The van der Waals surface area contributed by atoms with Crippen LogP contribution in [0.5, 0.6) is 11.5 Å². The SMILES string of the molecule is CCc1ccc([C@@H](C)NC(=O)[C@H]2CN(S(=O)(=O)c3ccc(OC)cc3)c3ccc(C)cc3O2)cc1. The fourth-order valence-corrected chi connectivity index (χ4v) is 5.51. The molecule has 3 aromatic carbocycles. The van der Waals surface area contributed by atoms with Crippen molar-refractivity contribution in [3.8, 4) is 11.5 Å². The van der Waals surface area contributed by atoms with Crippen molar-refractivity contribution in [1.82, 2.24) is 5.32 Å². The summed E-state index contributed by atoms with van der Waals surface area (Å²) in [6.45, 7) is 5.73. The van der Waals surface area contributed by atoms with E-state index in [1.54, 1.807) is 24.3 Å². The number of aryl methyl sites for hydroxylation is 2. The lowest BCUT2D eigenvalue weighted by Gasteiger charge is -2.35. The Balaban J connectivity index is 1.61. The zero-order valence-corrected chi connectivity index (χ0v) is 21.1. The molecule has 0 saturated carbocycles. The van der Waals surface area contributed by atoms with Gasteiger partial charge in [-0.2, -0.15) is 0 Å². The van der Waals surface area contributed by atoms with Gasteiger partial charge in [0, 0.05) is 0 Å². The number of carbonyl (C=O) groups excluding carboxylic acids is 1. The standard InChI is InChI=1S/C27H30N2O5S/c1-5-20-7-9-21(10-8-20)19(3)28-27(30)26-17-29(24-15-6-18(2)16-25(24)34-26)35(31,32)23-13-11-22(33-4)12-14-23/h6-16,19,26H,5,17H2,1-4H3,(H,28,30)/t19-,26-/m1/s1. The largest absolute Gasteiger partial charge is 0.497 e. The number of benzene rings is 3. The summed E-state index contributed by atoms with van der Waals surface area (Å²) in [6.07, 6.45) is -0.0662. The van der Waals surface area contributed by atoms with Gasteiger partial charge in [-0.05, 0) is 73.4 Å². The Kier molecular flexibility index (Phi) is 7.03. The molecule has 35 heavy (non-hydrogen) atoms. The van der Waals surface area contributed by atoms with Crippen LogP contribution in [0.4, 0.5) is 5.69 Å². The van der Waals surface area contributed by atoms with Crippen LogP contribution in [0.25, 0.3) is 0 Å². The van der Waals surface area contributed by atoms with Gasteiger partial charge >= 0.3 is 0 Å². The highest BCUT2D eigenvalue weighted by Crippen LogP contribution is 2.38. The van der Waals surface area contributed by atoms with E-state index in [4.69, 9.17) is 9.47 Å². The van der Waals surface area contributed by atoms with E-state index in [9.17, 15) is 13.2 Å². The van der Waals surface area contributed by atoms with Gasteiger partial charge in [-0.1, -0.05) is 37.3 Å². The van der Waals surface area contributed by atoms with Gasteiger partial charge in [0.1, 0.15) is 11.5 Å². The van der Waals surface area contributed by atoms with E-state index < -0.39 is 16.1 Å². The lowest BCUT2D eigenvalue weighted by Crippen LogP contribution is -2.51. The summed E-state index contributed by atoms with van der Waals surface area (Å²) in [7, 11) is -2.43. The summed E-state index contributed by atoms with van der Waals surface area (Å²) in [5, 5.41) is 2.97. The van der Waals surface area contributed by atoms with Crippen molar-refractivity contribution in [2.45, 2.75) is 44.2 Å². The van der Waals surface area contributed by atoms with Gasteiger partial charge in [0.2, 0.25) is 0 Å². The number of methoxy groups -OCH3 is 1. The van der Waals surface area contributed by atoms with E-state index in [2.05, 4.69) is 12.2 Å². The number of nitrogens with zero attached hydrogens (tertiary/aromatic N) is 1. The summed E-state index contributed by atoms with van der Waals surface area (Å²) in [5.41, 5.74) is 3.48.